The fraction of sp³-hybridized carbons (Fsp3) is 0.500. The zero-order valence-corrected chi connectivity index (χ0v) is 13.8. The maximum atomic E-state index is 12.5. The lowest BCUT2D eigenvalue weighted by atomic mass is 10.1. The summed E-state index contributed by atoms with van der Waals surface area (Å²) in [5.41, 5.74) is 1.90. The third-order valence-corrected chi connectivity index (χ3v) is 5.05. The van der Waals surface area contributed by atoms with E-state index in [4.69, 9.17) is 0 Å². The lowest BCUT2D eigenvalue weighted by Gasteiger charge is -2.37. The number of piperazine rings is 1. The second-order valence-electron chi connectivity index (χ2n) is 6.73. The molecular formula is C18H23N5O. The van der Waals surface area contributed by atoms with Gasteiger partial charge in [0.25, 0.3) is 0 Å². The molecule has 0 unspecified atom stereocenters. The Bertz CT molecular complexity index is 692. The van der Waals surface area contributed by atoms with Crippen LogP contribution in [0.4, 0.5) is 0 Å². The summed E-state index contributed by atoms with van der Waals surface area (Å²) in [7, 11) is 0. The number of hydrogen-bond donors (Lipinski definition) is 0. The monoisotopic (exact) mass is 325 g/mol. The number of amides is 1. The van der Waals surface area contributed by atoms with Gasteiger partial charge in [-0.05, 0) is 25.0 Å². The molecule has 2 fully saturated rings. The summed E-state index contributed by atoms with van der Waals surface area (Å²) in [4.78, 5) is 16.7. The normalized spacial score (nSPS) is 20.0. The minimum absolute atomic E-state index is 0.267. The maximum Gasteiger partial charge on any atom is 0.237 e. The number of rotatable bonds is 4. The predicted octanol–water partition coefficient (Wildman–Crippen LogP) is 1.85. The van der Waals surface area contributed by atoms with Crippen molar-refractivity contribution in [2.24, 2.45) is 0 Å². The van der Waals surface area contributed by atoms with Gasteiger partial charge in [0.05, 0.1) is 24.1 Å². The third-order valence-electron chi connectivity index (χ3n) is 5.05. The molecule has 24 heavy (non-hydrogen) atoms. The van der Waals surface area contributed by atoms with Crippen LogP contribution in [0.15, 0.2) is 36.5 Å². The van der Waals surface area contributed by atoms with Gasteiger partial charge in [0.15, 0.2) is 0 Å². The van der Waals surface area contributed by atoms with Crippen LogP contribution in [0.3, 0.4) is 0 Å². The average molecular weight is 325 g/mol. The van der Waals surface area contributed by atoms with E-state index in [2.05, 4.69) is 20.1 Å². The van der Waals surface area contributed by atoms with Crippen molar-refractivity contribution in [2.75, 3.05) is 19.6 Å². The van der Waals surface area contributed by atoms with Crippen LogP contribution in [0.1, 0.15) is 31.4 Å². The topological polar surface area (TPSA) is 54.3 Å². The van der Waals surface area contributed by atoms with Gasteiger partial charge in [0, 0.05) is 25.7 Å². The fourth-order valence-corrected chi connectivity index (χ4v) is 3.78. The standard InChI is InChI=1S/C18H23N5O/c24-18-14-21(10-11-22(18)16-6-4-5-7-16)12-15-13-23(20-19-15)17-8-2-1-3-9-17/h1-3,8-9,13,16H,4-7,10-12,14H2. The molecule has 6 heteroatoms. The largest absolute Gasteiger partial charge is 0.337 e. The van der Waals surface area contributed by atoms with Gasteiger partial charge in [-0.2, -0.15) is 0 Å². The zero-order chi connectivity index (χ0) is 16.4. The fourth-order valence-electron chi connectivity index (χ4n) is 3.78. The first kappa shape index (κ1) is 15.3. The van der Waals surface area contributed by atoms with E-state index in [1.54, 1.807) is 4.68 Å². The van der Waals surface area contributed by atoms with E-state index in [0.717, 1.165) is 24.5 Å². The SMILES string of the molecule is O=C1CN(Cc2cn(-c3ccccc3)nn2)CCN1C1CCCC1. The summed E-state index contributed by atoms with van der Waals surface area (Å²) in [6.07, 6.45) is 6.83. The van der Waals surface area contributed by atoms with Crippen molar-refractivity contribution in [1.29, 1.82) is 0 Å². The van der Waals surface area contributed by atoms with Gasteiger partial charge in [0.2, 0.25) is 5.91 Å². The van der Waals surface area contributed by atoms with Crippen LogP contribution in [-0.4, -0.2) is 56.4 Å². The Balaban J connectivity index is 1.37. The van der Waals surface area contributed by atoms with Crippen LogP contribution < -0.4 is 0 Å². The van der Waals surface area contributed by atoms with E-state index in [1.165, 1.54) is 25.7 Å². The molecule has 4 rings (SSSR count). The first-order valence-electron chi connectivity index (χ1n) is 8.78. The van der Waals surface area contributed by atoms with Crippen molar-refractivity contribution in [3.05, 3.63) is 42.2 Å². The van der Waals surface area contributed by atoms with Crippen LogP contribution in [0.2, 0.25) is 0 Å². The number of carbonyl (C=O) groups excluding carboxylic acids is 1. The predicted molar refractivity (Wildman–Crippen MR) is 90.6 cm³/mol. The lowest BCUT2D eigenvalue weighted by molar-refractivity contribution is -0.138. The number of benzene rings is 1. The van der Waals surface area contributed by atoms with Crippen LogP contribution in [0.5, 0.6) is 0 Å². The number of aromatic nitrogens is 3. The second-order valence-corrected chi connectivity index (χ2v) is 6.73. The van der Waals surface area contributed by atoms with Gasteiger partial charge in [-0.1, -0.05) is 36.3 Å². The van der Waals surface area contributed by atoms with Gasteiger partial charge in [-0.15, -0.1) is 5.10 Å². The van der Waals surface area contributed by atoms with Crippen LogP contribution >= 0.6 is 0 Å². The minimum atomic E-state index is 0.267. The van der Waals surface area contributed by atoms with Crippen molar-refractivity contribution in [3.63, 3.8) is 0 Å². The molecule has 1 amide bonds. The molecule has 1 aliphatic carbocycles. The first-order chi connectivity index (χ1) is 11.8. The molecule has 126 valence electrons. The summed E-state index contributed by atoms with van der Waals surface area (Å²) in [6.45, 7) is 2.93. The van der Waals surface area contributed by atoms with Crippen LogP contribution in [-0.2, 0) is 11.3 Å². The van der Waals surface area contributed by atoms with Crippen molar-refractivity contribution in [2.45, 2.75) is 38.3 Å². The summed E-state index contributed by atoms with van der Waals surface area (Å²) in [5.74, 6) is 0.267. The minimum Gasteiger partial charge on any atom is -0.337 e. The molecule has 0 spiro atoms. The Labute approximate surface area is 142 Å². The summed E-state index contributed by atoms with van der Waals surface area (Å²) >= 11 is 0. The summed E-state index contributed by atoms with van der Waals surface area (Å²) < 4.78 is 1.78. The number of para-hydroxylation sites is 1. The maximum absolute atomic E-state index is 12.5. The molecule has 0 N–H and O–H groups in total. The Morgan fingerprint density at radius 3 is 2.62 bits per heavy atom. The molecule has 2 aromatic rings. The first-order valence-corrected chi connectivity index (χ1v) is 8.78. The zero-order valence-electron chi connectivity index (χ0n) is 13.8. The Hall–Kier alpha value is -2.21. The highest BCUT2D eigenvalue weighted by molar-refractivity contribution is 5.79. The Morgan fingerprint density at radius 2 is 1.88 bits per heavy atom. The van der Waals surface area contributed by atoms with E-state index in [9.17, 15) is 4.79 Å². The van der Waals surface area contributed by atoms with Crippen molar-refractivity contribution >= 4 is 5.91 Å². The quantitative estimate of drug-likeness (QED) is 0.861. The van der Waals surface area contributed by atoms with Gasteiger partial charge < -0.3 is 4.90 Å². The van der Waals surface area contributed by atoms with Crippen LogP contribution in [0.25, 0.3) is 5.69 Å². The van der Waals surface area contributed by atoms with E-state index in [0.29, 0.717) is 19.1 Å². The van der Waals surface area contributed by atoms with Crippen LogP contribution in [0, 0.1) is 0 Å². The van der Waals surface area contributed by atoms with Crippen molar-refractivity contribution < 1.29 is 4.79 Å². The molecule has 6 nitrogen and oxygen atoms in total. The number of carbonyl (C=O) groups is 1. The molecule has 1 aromatic carbocycles. The highest BCUT2D eigenvalue weighted by Crippen LogP contribution is 2.25. The van der Waals surface area contributed by atoms with Gasteiger partial charge in [-0.25, -0.2) is 4.68 Å². The number of nitrogens with zero attached hydrogens (tertiary/aromatic N) is 5. The highest BCUT2D eigenvalue weighted by atomic mass is 16.2. The van der Waals surface area contributed by atoms with E-state index in [1.807, 2.05) is 36.5 Å². The van der Waals surface area contributed by atoms with Crippen molar-refractivity contribution in [3.8, 4) is 5.69 Å². The van der Waals surface area contributed by atoms with E-state index >= 15 is 0 Å². The third kappa shape index (κ3) is 3.19. The summed E-state index contributed by atoms with van der Waals surface area (Å²) in [6, 6.07) is 10.4. The molecule has 0 atom stereocenters. The Morgan fingerprint density at radius 1 is 1.08 bits per heavy atom. The molecule has 0 radical (unpaired) electrons. The molecular weight excluding hydrogens is 302 g/mol. The van der Waals surface area contributed by atoms with E-state index < -0.39 is 0 Å². The van der Waals surface area contributed by atoms with E-state index in [-0.39, 0.29) is 5.91 Å². The molecule has 1 saturated carbocycles. The van der Waals surface area contributed by atoms with Gasteiger partial charge in [0.1, 0.15) is 0 Å². The average Bonchev–Trinajstić information content (AvgIpc) is 3.28. The molecule has 2 aliphatic rings. The molecule has 2 heterocycles. The van der Waals surface area contributed by atoms with Gasteiger partial charge in [-0.3, -0.25) is 9.69 Å². The Kier molecular flexibility index (Phi) is 4.30. The van der Waals surface area contributed by atoms with Gasteiger partial charge >= 0.3 is 0 Å². The molecule has 1 saturated heterocycles. The molecule has 0 bridgehead atoms. The summed E-state index contributed by atoms with van der Waals surface area (Å²) in [5, 5.41) is 8.45. The smallest absolute Gasteiger partial charge is 0.237 e. The highest BCUT2D eigenvalue weighted by Gasteiger charge is 2.31. The van der Waals surface area contributed by atoms with Crippen molar-refractivity contribution in [1.82, 2.24) is 24.8 Å². The molecule has 1 aliphatic heterocycles. The number of hydrogen-bond acceptors (Lipinski definition) is 4. The molecule has 1 aromatic heterocycles. The lowest BCUT2D eigenvalue weighted by Crippen LogP contribution is -2.53. The second kappa shape index (κ2) is 6.73.